The van der Waals surface area contributed by atoms with Gasteiger partial charge in [0.25, 0.3) is 0 Å². The van der Waals surface area contributed by atoms with E-state index in [9.17, 15) is 22.0 Å². The van der Waals surface area contributed by atoms with Crippen molar-refractivity contribution in [2.24, 2.45) is 0 Å². The molecular formula is C11H12F2N2O3S. The maximum Gasteiger partial charge on any atom is 0.244 e. The molecule has 1 aromatic carbocycles. The third-order valence-electron chi connectivity index (χ3n) is 2.89. The van der Waals surface area contributed by atoms with Gasteiger partial charge in [0.05, 0.1) is 4.90 Å². The summed E-state index contributed by atoms with van der Waals surface area (Å²) >= 11 is 0. The molecule has 1 saturated heterocycles. The molecule has 0 spiro atoms. The van der Waals surface area contributed by atoms with Gasteiger partial charge in [0, 0.05) is 19.2 Å². The van der Waals surface area contributed by atoms with Gasteiger partial charge in [0.2, 0.25) is 15.9 Å². The van der Waals surface area contributed by atoms with Crippen LogP contribution >= 0.6 is 0 Å². The standard InChI is InChI=1S/C11H12F2N2O3S/c1-7-11(16)14-2-3-15(7)19(17,18)10-5-8(12)4-9(13)6-10/h4-7H,2-3H2,1H3,(H,14,16). The molecule has 1 N–H and O–H groups in total. The number of sulfonamides is 1. The second kappa shape index (κ2) is 4.86. The Morgan fingerprint density at radius 2 is 1.84 bits per heavy atom. The van der Waals surface area contributed by atoms with Crippen LogP contribution in [0.5, 0.6) is 0 Å². The molecule has 0 saturated carbocycles. The van der Waals surface area contributed by atoms with E-state index in [2.05, 4.69) is 5.32 Å². The van der Waals surface area contributed by atoms with Crippen LogP contribution in [0, 0.1) is 11.6 Å². The molecule has 0 bridgehead atoms. The highest BCUT2D eigenvalue weighted by Crippen LogP contribution is 2.21. The van der Waals surface area contributed by atoms with Crippen LogP contribution in [-0.4, -0.2) is 37.8 Å². The average molecular weight is 290 g/mol. The molecule has 1 aromatic rings. The number of halogens is 2. The zero-order chi connectivity index (χ0) is 14.2. The monoisotopic (exact) mass is 290 g/mol. The van der Waals surface area contributed by atoms with Gasteiger partial charge in [-0.15, -0.1) is 0 Å². The van der Waals surface area contributed by atoms with Gasteiger partial charge < -0.3 is 5.32 Å². The van der Waals surface area contributed by atoms with Crippen molar-refractivity contribution in [3.63, 3.8) is 0 Å². The molecule has 0 radical (unpaired) electrons. The first-order chi connectivity index (χ1) is 8.82. The zero-order valence-corrected chi connectivity index (χ0v) is 10.9. The summed E-state index contributed by atoms with van der Waals surface area (Å²) in [4.78, 5) is 11.0. The molecule has 1 atom stereocenters. The van der Waals surface area contributed by atoms with Crippen molar-refractivity contribution in [2.75, 3.05) is 13.1 Å². The molecule has 8 heteroatoms. The van der Waals surface area contributed by atoms with Crippen molar-refractivity contribution in [1.82, 2.24) is 9.62 Å². The topological polar surface area (TPSA) is 66.5 Å². The predicted octanol–water partition coefficient (Wildman–Crippen LogP) is 0.474. The summed E-state index contributed by atoms with van der Waals surface area (Å²) in [6.07, 6.45) is 0. The molecule has 1 heterocycles. The van der Waals surface area contributed by atoms with Crippen LogP contribution in [0.25, 0.3) is 0 Å². The molecule has 1 aliphatic rings. The van der Waals surface area contributed by atoms with E-state index in [-0.39, 0.29) is 13.1 Å². The fraction of sp³-hybridized carbons (Fsp3) is 0.364. The van der Waals surface area contributed by atoms with Gasteiger partial charge in [-0.2, -0.15) is 4.31 Å². The number of benzene rings is 1. The summed E-state index contributed by atoms with van der Waals surface area (Å²) in [5, 5.41) is 2.51. The Hall–Kier alpha value is -1.54. The van der Waals surface area contributed by atoms with Gasteiger partial charge in [-0.05, 0) is 19.1 Å². The minimum Gasteiger partial charge on any atom is -0.353 e. The van der Waals surface area contributed by atoms with E-state index < -0.39 is 38.5 Å². The molecule has 19 heavy (non-hydrogen) atoms. The normalized spacial score (nSPS) is 21.2. The van der Waals surface area contributed by atoms with E-state index in [0.717, 1.165) is 16.4 Å². The predicted molar refractivity (Wildman–Crippen MR) is 62.7 cm³/mol. The summed E-state index contributed by atoms with van der Waals surface area (Å²) < 4.78 is 51.6. The van der Waals surface area contributed by atoms with E-state index in [1.165, 1.54) is 6.92 Å². The first kappa shape index (κ1) is 13.9. The molecule has 1 amide bonds. The number of carbonyl (C=O) groups excluding carboxylic acids is 1. The fourth-order valence-electron chi connectivity index (χ4n) is 1.90. The minimum atomic E-state index is -4.10. The minimum absolute atomic E-state index is 0.0629. The van der Waals surface area contributed by atoms with Gasteiger partial charge >= 0.3 is 0 Å². The number of hydrogen-bond donors (Lipinski definition) is 1. The van der Waals surface area contributed by atoms with Crippen molar-refractivity contribution in [1.29, 1.82) is 0 Å². The zero-order valence-electron chi connectivity index (χ0n) is 10.1. The van der Waals surface area contributed by atoms with Gasteiger partial charge in [0.15, 0.2) is 0 Å². The molecule has 1 fully saturated rings. The lowest BCUT2D eigenvalue weighted by Crippen LogP contribution is -2.55. The van der Waals surface area contributed by atoms with Crippen LogP contribution in [0.1, 0.15) is 6.92 Å². The summed E-state index contributed by atoms with van der Waals surface area (Å²) in [5.41, 5.74) is 0. The molecule has 1 aliphatic heterocycles. The molecule has 104 valence electrons. The van der Waals surface area contributed by atoms with E-state index in [0.29, 0.717) is 6.07 Å². The Kier molecular flexibility index (Phi) is 3.55. The Balaban J connectivity index is 2.44. The third kappa shape index (κ3) is 2.59. The van der Waals surface area contributed by atoms with Gasteiger partial charge in [-0.3, -0.25) is 4.79 Å². The van der Waals surface area contributed by atoms with Crippen LogP contribution in [0.4, 0.5) is 8.78 Å². The Labute approximate surface area is 109 Å². The van der Waals surface area contributed by atoms with E-state index >= 15 is 0 Å². The van der Waals surface area contributed by atoms with Gasteiger partial charge in [-0.1, -0.05) is 0 Å². The second-order valence-electron chi connectivity index (χ2n) is 4.19. The molecule has 5 nitrogen and oxygen atoms in total. The molecule has 0 aromatic heterocycles. The smallest absolute Gasteiger partial charge is 0.244 e. The van der Waals surface area contributed by atoms with Crippen molar-refractivity contribution in [2.45, 2.75) is 17.9 Å². The van der Waals surface area contributed by atoms with E-state index in [1.54, 1.807) is 0 Å². The van der Waals surface area contributed by atoms with Crippen molar-refractivity contribution in [3.05, 3.63) is 29.8 Å². The highest BCUT2D eigenvalue weighted by Gasteiger charge is 2.35. The van der Waals surface area contributed by atoms with Crippen LogP contribution in [0.3, 0.4) is 0 Å². The highest BCUT2D eigenvalue weighted by atomic mass is 32.2. The Morgan fingerprint density at radius 3 is 2.42 bits per heavy atom. The van der Waals surface area contributed by atoms with Crippen LogP contribution in [0.15, 0.2) is 23.1 Å². The lowest BCUT2D eigenvalue weighted by molar-refractivity contribution is -0.126. The van der Waals surface area contributed by atoms with Crippen LogP contribution in [0.2, 0.25) is 0 Å². The first-order valence-electron chi connectivity index (χ1n) is 5.58. The SMILES string of the molecule is CC1C(=O)NCCN1S(=O)(=O)c1cc(F)cc(F)c1. The molecular weight excluding hydrogens is 278 g/mol. The summed E-state index contributed by atoms with van der Waals surface area (Å²) in [7, 11) is -4.10. The van der Waals surface area contributed by atoms with Gasteiger partial charge in [-0.25, -0.2) is 17.2 Å². The van der Waals surface area contributed by atoms with Crippen molar-refractivity contribution in [3.8, 4) is 0 Å². The number of hydrogen-bond acceptors (Lipinski definition) is 3. The van der Waals surface area contributed by atoms with E-state index in [4.69, 9.17) is 0 Å². The largest absolute Gasteiger partial charge is 0.353 e. The number of nitrogens with one attached hydrogen (secondary N) is 1. The second-order valence-corrected chi connectivity index (χ2v) is 6.08. The van der Waals surface area contributed by atoms with Crippen LogP contribution in [-0.2, 0) is 14.8 Å². The Morgan fingerprint density at radius 1 is 1.26 bits per heavy atom. The van der Waals surface area contributed by atoms with Crippen LogP contribution < -0.4 is 5.32 Å². The lowest BCUT2D eigenvalue weighted by atomic mass is 10.2. The number of piperazine rings is 1. The third-order valence-corrected chi connectivity index (χ3v) is 4.83. The summed E-state index contributed by atoms with van der Waals surface area (Å²) in [6.45, 7) is 1.65. The summed E-state index contributed by atoms with van der Waals surface area (Å²) in [6, 6.07) is 1.14. The molecule has 0 aliphatic carbocycles. The number of amides is 1. The maximum absolute atomic E-state index is 13.1. The Bertz CT molecular complexity index is 598. The molecule has 1 unspecified atom stereocenters. The fourth-order valence-corrected chi connectivity index (χ4v) is 3.54. The lowest BCUT2D eigenvalue weighted by Gasteiger charge is -2.31. The highest BCUT2D eigenvalue weighted by molar-refractivity contribution is 7.89. The number of nitrogens with zero attached hydrogens (tertiary/aromatic N) is 1. The van der Waals surface area contributed by atoms with E-state index in [1.807, 2.05) is 0 Å². The van der Waals surface area contributed by atoms with Crippen molar-refractivity contribution < 1.29 is 22.0 Å². The maximum atomic E-state index is 13.1. The van der Waals surface area contributed by atoms with Crippen molar-refractivity contribution >= 4 is 15.9 Å². The first-order valence-corrected chi connectivity index (χ1v) is 7.02. The number of rotatable bonds is 2. The average Bonchev–Trinajstić information content (AvgIpc) is 2.31. The molecule has 2 rings (SSSR count). The number of carbonyl (C=O) groups is 1. The summed E-state index contributed by atoms with van der Waals surface area (Å²) in [5.74, 6) is -2.40. The van der Waals surface area contributed by atoms with Gasteiger partial charge in [0.1, 0.15) is 17.7 Å². The quantitative estimate of drug-likeness (QED) is 0.861.